The molecule has 0 bridgehead atoms. The van der Waals surface area contributed by atoms with Crippen LogP contribution in [-0.4, -0.2) is 62.5 Å². The summed E-state index contributed by atoms with van der Waals surface area (Å²) in [6.07, 6.45) is -4.64. The van der Waals surface area contributed by atoms with Gasteiger partial charge in [0.25, 0.3) is 5.92 Å². The van der Waals surface area contributed by atoms with E-state index in [0.29, 0.717) is 10.7 Å². The Kier molecular flexibility index (Phi) is 10.5. The zero-order chi connectivity index (χ0) is 43.0. The highest BCUT2D eigenvalue weighted by molar-refractivity contribution is 7.92. The fourth-order valence-corrected chi connectivity index (χ4v) is 8.36. The third-order valence-corrected chi connectivity index (χ3v) is 11.0. The highest BCUT2D eigenvalue weighted by Gasteiger charge is 2.63. The molecule has 4 unspecified atom stereocenters. The number of fused-ring (bicyclic) bond motifs is 4. The lowest BCUT2D eigenvalue weighted by Crippen LogP contribution is -2.36. The summed E-state index contributed by atoms with van der Waals surface area (Å²) in [6.45, 7) is -1.31. The van der Waals surface area contributed by atoms with Crippen LogP contribution in [0.4, 0.5) is 40.9 Å². The molecule has 7 rings (SSSR count). The van der Waals surface area contributed by atoms with Crippen molar-refractivity contribution in [3.63, 3.8) is 0 Å². The molecule has 4 atom stereocenters. The lowest BCUT2D eigenvalue weighted by atomic mass is 9.73. The number of rotatable bonds is 10. The number of aryl methyl sites for hydroxylation is 1. The maximum atomic E-state index is 15.6. The van der Waals surface area contributed by atoms with Crippen LogP contribution in [0.15, 0.2) is 42.5 Å². The zero-order valence-corrected chi connectivity index (χ0v) is 32.6. The average molecular weight is 870 g/mol. The van der Waals surface area contributed by atoms with E-state index in [9.17, 15) is 44.7 Å². The summed E-state index contributed by atoms with van der Waals surface area (Å²) < 4.78 is 145. The Labute approximate surface area is 335 Å². The first-order valence-electron chi connectivity index (χ1n) is 17.7. The molecule has 0 spiro atoms. The first-order chi connectivity index (χ1) is 27.5. The van der Waals surface area contributed by atoms with Crippen molar-refractivity contribution in [1.82, 2.24) is 29.9 Å². The molecule has 3 heterocycles. The van der Waals surface area contributed by atoms with E-state index < -0.39 is 99.7 Å². The molecule has 0 radical (unpaired) electrons. The van der Waals surface area contributed by atoms with Gasteiger partial charge in [0.05, 0.1) is 33.9 Å². The van der Waals surface area contributed by atoms with Gasteiger partial charge in [0.15, 0.2) is 17.1 Å². The number of hydrogen-bond donors (Lipinski definition) is 3. The number of amides is 1. The van der Waals surface area contributed by atoms with Crippen molar-refractivity contribution in [1.29, 1.82) is 0 Å². The Morgan fingerprint density at radius 2 is 1.76 bits per heavy atom. The van der Waals surface area contributed by atoms with E-state index in [1.165, 1.54) is 36.0 Å². The molecule has 1 saturated carbocycles. The van der Waals surface area contributed by atoms with Crippen LogP contribution in [-0.2, 0) is 46.9 Å². The molecule has 1 amide bonds. The van der Waals surface area contributed by atoms with Crippen molar-refractivity contribution in [2.24, 2.45) is 13.0 Å². The van der Waals surface area contributed by atoms with Crippen LogP contribution in [0.5, 0.6) is 0 Å². The summed E-state index contributed by atoms with van der Waals surface area (Å²) in [4.78, 5) is 18.6. The molecular weight excluding hydrogens is 838 g/mol. The van der Waals surface area contributed by atoms with E-state index in [2.05, 4.69) is 37.1 Å². The minimum Gasteiger partial charge on any atom is -0.375 e. The zero-order valence-electron chi connectivity index (χ0n) is 31.0. The van der Waals surface area contributed by atoms with E-state index in [4.69, 9.17) is 11.6 Å². The number of aromatic nitrogens is 5. The second-order valence-corrected chi connectivity index (χ2v) is 16.9. The fourth-order valence-electron chi connectivity index (χ4n) is 7.63. The average Bonchev–Trinajstić information content (AvgIpc) is 3.68. The smallest absolute Gasteiger partial charge is 0.375 e. The van der Waals surface area contributed by atoms with Gasteiger partial charge in [-0.05, 0) is 73.9 Å². The normalized spacial score (nSPS) is 18.6. The monoisotopic (exact) mass is 869 g/mol. The van der Waals surface area contributed by atoms with Crippen molar-refractivity contribution in [3.8, 4) is 23.0 Å². The van der Waals surface area contributed by atoms with Crippen LogP contribution in [0.25, 0.3) is 22.0 Å². The maximum Gasteiger partial charge on any atom is 0.435 e. The Morgan fingerprint density at radius 3 is 2.37 bits per heavy atom. The molecule has 2 aromatic carbocycles. The molecule has 3 aromatic heterocycles. The number of nitrogens with zero attached hydrogens (tertiary/aromatic N) is 5. The molecule has 59 heavy (non-hydrogen) atoms. The van der Waals surface area contributed by atoms with Gasteiger partial charge in [0.2, 0.25) is 15.9 Å². The summed E-state index contributed by atoms with van der Waals surface area (Å²) in [5, 5.41) is 20.7. The highest BCUT2D eigenvalue weighted by Crippen LogP contribution is 2.64. The third-order valence-electron chi connectivity index (χ3n) is 10.2. The highest BCUT2D eigenvalue weighted by atomic mass is 35.5. The number of sulfonamides is 1. The number of halogens is 9. The first kappa shape index (κ1) is 41.9. The topological polar surface area (TPSA) is 144 Å². The molecule has 3 N–H and O–H groups in total. The van der Waals surface area contributed by atoms with Gasteiger partial charge in [-0.15, -0.1) is 0 Å². The van der Waals surface area contributed by atoms with Gasteiger partial charge in [-0.3, -0.25) is 18.9 Å². The number of benzene rings is 2. The number of alkyl halides is 6. The van der Waals surface area contributed by atoms with Crippen LogP contribution < -0.4 is 10.0 Å². The van der Waals surface area contributed by atoms with E-state index in [-0.39, 0.29) is 62.7 Å². The summed E-state index contributed by atoms with van der Waals surface area (Å²) in [5.74, 6) is -4.68. The lowest BCUT2D eigenvalue weighted by Gasteiger charge is -2.34. The SMILES string of the molecule is Cn1nc(NS(C)(=O)=O)c2c(Cl)ccc(-c3ccc(C#CC(C)(O)CF)nc3C(Cc3cc(F)cc(F)c3)NC(=O)Cn3nc(C(F)(F)F)c4c3C(F)(F)C3CCC43)c21. The van der Waals surface area contributed by atoms with Crippen LogP contribution >= 0.6 is 11.6 Å². The largest absolute Gasteiger partial charge is 0.435 e. The molecule has 11 nitrogen and oxygen atoms in total. The lowest BCUT2D eigenvalue weighted by molar-refractivity contribution is -0.144. The minimum absolute atomic E-state index is 0.0308. The predicted molar refractivity (Wildman–Crippen MR) is 198 cm³/mol. The molecule has 1 fully saturated rings. The summed E-state index contributed by atoms with van der Waals surface area (Å²) in [7, 11) is -2.42. The van der Waals surface area contributed by atoms with Gasteiger partial charge >= 0.3 is 6.18 Å². The summed E-state index contributed by atoms with van der Waals surface area (Å²) in [5.41, 5.74) is -5.01. The van der Waals surface area contributed by atoms with Crippen LogP contribution in [0.1, 0.15) is 65.6 Å². The number of carbonyl (C=O) groups is 1. The van der Waals surface area contributed by atoms with E-state index in [1.54, 1.807) is 0 Å². The Balaban J connectivity index is 1.40. The van der Waals surface area contributed by atoms with E-state index >= 15 is 8.78 Å². The third kappa shape index (κ3) is 8.07. The van der Waals surface area contributed by atoms with Crippen LogP contribution in [0.3, 0.4) is 0 Å². The standard InChI is InChI=1S/C38H32ClF8N7O4S/c1-36(56,17-40)11-10-21-4-5-22(23-7-9-26(39)30-32(23)53(2)51-35(30)52-59(3,57)58)31(48-21)27(14-18-12-19(41)15-20(42)13-18)49-28(55)16-54-34-29(33(50-54)38(45,46)47)24-6-8-25(24)37(34,43)44/h4-5,7,9,12-13,15,24-25,27,56H,6,8,14,16-17H2,1-3H3,(H,49,55)(H,51,52). The number of nitrogens with one attached hydrogen (secondary N) is 2. The quantitative estimate of drug-likeness (QED) is 0.102. The first-order valence-corrected chi connectivity index (χ1v) is 20.0. The molecule has 2 aliphatic carbocycles. The Hall–Kier alpha value is -5.26. The minimum atomic E-state index is -5.12. The fraction of sp³-hybridized carbons (Fsp3) is 0.368. The molecule has 0 aliphatic heterocycles. The van der Waals surface area contributed by atoms with E-state index in [1.807, 2.05) is 0 Å². The molecule has 5 aromatic rings. The summed E-state index contributed by atoms with van der Waals surface area (Å²) in [6, 6.07) is 6.71. The van der Waals surface area contributed by atoms with Crippen molar-refractivity contribution < 1.29 is 53.4 Å². The van der Waals surface area contributed by atoms with Crippen molar-refractivity contribution >= 4 is 44.3 Å². The van der Waals surface area contributed by atoms with Crippen molar-refractivity contribution in [3.05, 3.63) is 93.0 Å². The number of aliphatic hydroxyl groups is 1. The molecule has 312 valence electrons. The number of hydrogen-bond acceptors (Lipinski definition) is 7. The van der Waals surface area contributed by atoms with Gasteiger partial charge in [0.1, 0.15) is 36.2 Å². The number of pyridine rings is 1. The molecule has 0 saturated heterocycles. The van der Waals surface area contributed by atoms with Gasteiger partial charge in [-0.2, -0.15) is 32.1 Å². The number of carbonyl (C=O) groups excluding carboxylic acids is 1. The Morgan fingerprint density at radius 1 is 1.08 bits per heavy atom. The van der Waals surface area contributed by atoms with Gasteiger partial charge in [-0.1, -0.05) is 23.6 Å². The van der Waals surface area contributed by atoms with Crippen LogP contribution in [0, 0.1) is 29.4 Å². The van der Waals surface area contributed by atoms with Gasteiger partial charge in [0, 0.05) is 35.7 Å². The van der Waals surface area contributed by atoms with E-state index in [0.717, 1.165) is 25.3 Å². The van der Waals surface area contributed by atoms with Crippen molar-refractivity contribution in [2.75, 3.05) is 17.7 Å². The van der Waals surface area contributed by atoms with Crippen molar-refractivity contribution in [2.45, 2.75) is 62.4 Å². The molecular formula is C38H32ClF8N7O4S. The van der Waals surface area contributed by atoms with Crippen LogP contribution in [0.2, 0.25) is 5.02 Å². The molecule has 21 heteroatoms. The van der Waals surface area contributed by atoms with Gasteiger partial charge < -0.3 is 10.4 Å². The Bertz CT molecular complexity index is 2690. The maximum absolute atomic E-state index is 15.6. The second kappa shape index (κ2) is 14.8. The predicted octanol–water partition coefficient (Wildman–Crippen LogP) is 6.92. The second-order valence-electron chi connectivity index (χ2n) is 14.7. The molecule has 2 aliphatic rings. The number of anilines is 1. The van der Waals surface area contributed by atoms with Gasteiger partial charge in [-0.25, -0.2) is 26.6 Å². The summed E-state index contributed by atoms with van der Waals surface area (Å²) >= 11 is 6.55.